The van der Waals surface area contributed by atoms with Gasteiger partial charge in [0, 0.05) is 6.92 Å². The van der Waals surface area contributed by atoms with Crippen molar-refractivity contribution < 1.29 is 104 Å². The molecule has 4 aliphatic rings. The van der Waals surface area contributed by atoms with Gasteiger partial charge in [-0.05, 0) is 0 Å². The summed E-state index contributed by atoms with van der Waals surface area (Å²) in [5, 5.41) is 136. The molecule has 4 heterocycles. The number of hydrogen-bond donors (Lipinski definition) is 14. The van der Waals surface area contributed by atoms with E-state index in [0.29, 0.717) is 0 Å². The lowest BCUT2D eigenvalue weighted by molar-refractivity contribution is -0.387. The molecule has 0 radical (unpaired) electrons. The molecule has 0 aromatic carbocycles. The Kier molecular flexibility index (Phi) is 13.8. The molecular weight excluding hydrogens is 662 g/mol. The second kappa shape index (κ2) is 16.8. The highest BCUT2D eigenvalue weighted by atomic mass is 16.8. The summed E-state index contributed by atoms with van der Waals surface area (Å²) >= 11 is 0. The number of amides is 1. The molecule has 4 rings (SSSR count). The van der Waals surface area contributed by atoms with E-state index in [9.17, 15) is 71.2 Å². The van der Waals surface area contributed by atoms with Crippen molar-refractivity contribution in [3.8, 4) is 0 Å². The molecule has 4 saturated heterocycles. The highest BCUT2D eigenvalue weighted by Gasteiger charge is 2.56. The van der Waals surface area contributed by atoms with Gasteiger partial charge in [-0.2, -0.15) is 0 Å². The Labute approximate surface area is 272 Å². The lowest BCUT2D eigenvalue weighted by atomic mass is 9.94. The Morgan fingerprint density at radius 2 is 0.938 bits per heavy atom. The van der Waals surface area contributed by atoms with E-state index in [2.05, 4.69) is 5.32 Å². The molecule has 0 aromatic heterocycles. The van der Waals surface area contributed by atoms with Crippen LogP contribution < -0.4 is 5.32 Å². The SMILES string of the molecule is CC(=O)N[C@H]1[C@H](O[C@@H]2[C@@H](O)[C@H](O)O[C@H](CO)[C@H]2O)O[C@H](CO)[C@@H](O)[C@@H]1O[C@@H]1O[C@H](CO)[C@@H](O)[C@H](O)[C@H]1O[C@H]1O[C@H](CO)[C@@H](O)[C@H](O)[C@H]1O. The van der Waals surface area contributed by atoms with Crippen molar-refractivity contribution >= 4 is 5.91 Å². The molecular formula is C26H45NO21. The van der Waals surface area contributed by atoms with Gasteiger partial charge in [-0.25, -0.2) is 0 Å². The number of rotatable bonds is 11. The lowest BCUT2D eigenvalue weighted by Crippen LogP contribution is -2.70. The zero-order chi connectivity index (χ0) is 35.6. The standard InChI is InChI=1S/C26H45NO21/c1-6(32)27-11-20(14(35)10(5-31)43-24(11)47-21-15(36)9(4-30)42-23(41)19(21)40)46-26-22(17(38)13(34)8(3-29)45-26)48-25-18(39)16(37)12(33)7(2-28)44-25/h7-26,28-31,33-41H,2-5H2,1H3,(H,27,32)/t7-,8-,9-,10-,11-,12-,13-,14-,15-,16+,17+,18-,19-,20-,21+,22-,23-,24+,25-,26+/m1/s1. The molecule has 4 fully saturated rings. The smallest absolute Gasteiger partial charge is 0.217 e. The van der Waals surface area contributed by atoms with Crippen molar-refractivity contribution in [3.05, 3.63) is 0 Å². The van der Waals surface area contributed by atoms with E-state index >= 15 is 0 Å². The van der Waals surface area contributed by atoms with Gasteiger partial charge in [0.15, 0.2) is 25.2 Å². The van der Waals surface area contributed by atoms with Gasteiger partial charge in [0.25, 0.3) is 0 Å². The fourth-order valence-corrected chi connectivity index (χ4v) is 5.92. The molecule has 0 bridgehead atoms. The van der Waals surface area contributed by atoms with Crippen molar-refractivity contribution in [2.24, 2.45) is 0 Å². The third kappa shape index (κ3) is 8.08. The molecule has 4 aliphatic heterocycles. The minimum Gasteiger partial charge on any atom is -0.394 e. The van der Waals surface area contributed by atoms with E-state index in [4.69, 9.17) is 33.2 Å². The number of nitrogens with one attached hydrogen (secondary N) is 1. The van der Waals surface area contributed by atoms with E-state index in [1.807, 2.05) is 0 Å². The first-order valence-corrected chi connectivity index (χ1v) is 15.1. The monoisotopic (exact) mass is 707 g/mol. The molecule has 22 heteroatoms. The third-order valence-electron chi connectivity index (χ3n) is 8.61. The van der Waals surface area contributed by atoms with E-state index in [1.165, 1.54) is 0 Å². The van der Waals surface area contributed by atoms with Gasteiger partial charge in [0.1, 0.15) is 97.6 Å². The number of carbonyl (C=O) groups excluding carboxylic acids is 1. The largest absolute Gasteiger partial charge is 0.394 e. The zero-order valence-electron chi connectivity index (χ0n) is 25.5. The Morgan fingerprint density at radius 1 is 0.500 bits per heavy atom. The van der Waals surface area contributed by atoms with Crippen molar-refractivity contribution in [1.29, 1.82) is 0 Å². The summed E-state index contributed by atoms with van der Waals surface area (Å²) in [4.78, 5) is 12.3. The highest BCUT2D eigenvalue weighted by Crippen LogP contribution is 2.34. The molecule has 0 unspecified atom stereocenters. The number of aliphatic hydroxyl groups is 13. The first-order valence-electron chi connectivity index (χ1n) is 15.1. The molecule has 0 spiro atoms. The maximum atomic E-state index is 12.3. The second-order valence-corrected chi connectivity index (χ2v) is 11.9. The summed E-state index contributed by atoms with van der Waals surface area (Å²) in [5.41, 5.74) is 0. The normalized spacial score (nSPS) is 50.2. The number of ether oxygens (including phenoxy) is 7. The minimum absolute atomic E-state index is 0.774. The molecule has 280 valence electrons. The van der Waals surface area contributed by atoms with Crippen LogP contribution in [-0.4, -0.2) is 221 Å². The lowest BCUT2D eigenvalue weighted by Gasteiger charge is -2.50. The number of aliphatic hydroxyl groups excluding tert-OH is 13. The van der Waals surface area contributed by atoms with E-state index in [-0.39, 0.29) is 0 Å². The summed E-state index contributed by atoms with van der Waals surface area (Å²) in [5.74, 6) is -0.774. The van der Waals surface area contributed by atoms with Crippen LogP contribution in [0.1, 0.15) is 6.92 Å². The van der Waals surface area contributed by atoms with Gasteiger partial charge in [-0.15, -0.1) is 0 Å². The summed E-state index contributed by atoms with van der Waals surface area (Å²) in [7, 11) is 0. The fraction of sp³-hybridized carbons (Fsp3) is 0.962. The molecule has 0 saturated carbocycles. The van der Waals surface area contributed by atoms with Crippen LogP contribution in [0, 0.1) is 0 Å². The molecule has 1 amide bonds. The molecule has 22 nitrogen and oxygen atoms in total. The number of carbonyl (C=O) groups is 1. The van der Waals surface area contributed by atoms with Gasteiger partial charge in [0.2, 0.25) is 5.91 Å². The first-order chi connectivity index (χ1) is 22.7. The van der Waals surface area contributed by atoms with Crippen LogP contribution in [-0.2, 0) is 38.0 Å². The van der Waals surface area contributed by atoms with Crippen molar-refractivity contribution in [1.82, 2.24) is 5.32 Å². The van der Waals surface area contributed by atoms with E-state index in [1.54, 1.807) is 0 Å². The first kappa shape index (κ1) is 39.5. The van der Waals surface area contributed by atoms with Crippen LogP contribution in [0.25, 0.3) is 0 Å². The Balaban J connectivity index is 1.66. The molecule has 0 aliphatic carbocycles. The van der Waals surface area contributed by atoms with Crippen LogP contribution in [0.3, 0.4) is 0 Å². The quantitative estimate of drug-likeness (QED) is 0.0947. The average Bonchev–Trinajstić information content (AvgIpc) is 3.06. The minimum atomic E-state index is -2.01. The van der Waals surface area contributed by atoms with Gasteiger partial charge >= 0.3 is 0 Å². The van der Waals surface area contributed by atoms with Crippen LogP contribution in [0.4, 0.5) is 0 Å². The predicted octanol–water partition coefficient (Wildman–Crippen LogP) is -9.61. The van der Waals surface area contributed by atoms with Gasteiger partial charge in [-0.3, -0.25) is 4.79 Å². The van der Waals surface area contributed by atoms with Crippen LogP contribution in [0.15, 0.2) is 0 Å². The third-order valence-corrected chi connectivity index (χ3v) is 8.61. The Bertz CT molecular complexity index is 1030. The van der Waals surface area contributed by atoms with Gasteiger partial charge in [-0.1, -0.05) is 0 Å². The number of hydrogen-bond acceptors (Lipinski definition) is 21. The molecule has 0 aromatic rings. The van der Waals surface area contributed by atoms with Crippen LogP contribution in [0.2, 0.25) is 0 Å². The van der Waals surface area contributed by atoms with Gasteiger partial charge < -0.3 is 105 Å². The van der Waals surface area contributed by atoms with Crippen LogP contribution >= 0.6 is 0 Å². The Morgan fingerprint density at radius 3 is 1.50 bits per heavy atom. The zero-order valence-corrected chi connectivity index (χ0v) is 25.5. The van der Waals surface area contributed by atoms with Crippen molar-refractivity contribution in [3.63, 3.8) is 0 Å². The predicted molar refractivity (Wildman–Crippen MR) is 145 cm³/mol. The maximum Gasteiger partial charge on any atom is 0.217 e. The topological polar surface area (TPSA) is 357 Å². The van der Waals surface area contributed by atoms with Gasteiger partial charge in [0.05, 0.1) is 26.4 Å². The fourth-order valence-electron chi connectivity index (χ4n) is 5.92. The highest BCUT2D eigenvalue weighted by molar-refractivity contribution is 5.73. The summed E-state index contributed by atoms with van der Waals surface area (Å²) in [6.45, 7) is -2.41. The van der Waals surface area contributed by atoms with Crippen LogP contribution in [0.5, 0.6) is 0 Å². The summed E-state index contributed by atoms with van der Waals surface area (Å²) in [6.07, 6.45) is -34.2. The average molecular weight is 708 g/mol. The van der Waals surface area contributed by atoms with Crippen molar-refractivity contribution in [2.45, 2.75) is 130 Å². The Hall–Kier alpha value is -1.33. The van der Waals surface area contributed by atoms with E-state index in [0.717, 1.165) is 6.92 Å². The second-order valence-electron chi connectivity index (χ2n) is 11.9. The molecule has 48 heavy (non-hydrogen) atoms. The molecule has 14 N–H and O–H groups in total. The van der Waals surface area contributed by atoms with Crippen molar-refractivity contribution in [2.75, 3.05) is 26.4 Å². The summed E-state index contributed by atoms with van der Waals surface area (Å²) in [6, 6.07) is -1.62. The maximum absolute atomic E-state index is 12.3. The molecule has 20 atom stereocenters. The van der Waals surface area contributed by atoms with E-state index < -0.39 is 155 Å². The summed E-state index contributed by atoms with van der Waals surface area (Å²) < 4.78 is 38.8.